The Morgan fingerprint density at radius 1 is 0.519 bits per heavy atom. The number of fused-ring (bicyclic) bond motifs is 11. The molecule has 0 saturated carbocycles. The summed E-state index contributed by atoms with van der Waals surface area (Å²) in [7, 11) is 0. The van der Waals surface area contributed by atoms with E-state index in [0.29, 0.717) is 5.82 Å². The Morgan fingerprint density at radius 3 is 2.06 bits per heavy atom. The lowest BCUT2D eigenvalue weighted by atomic mass is 9.73. The second kappa shape index (κ2) is 10.6. The summed E-state index contributed by atoms with van der Waals surface area (Å²) in [5, 5.41) is 6.66. The molecule has 0 unspecified atom stereocenters. The van der Waals surface area contributed by atoms with E-state index < -0.39 is 0 Å². The summed E-state index contributed by atoms with van der Waals surface area (Å²) in [5.41, 5.74) is 14.0. The molecule has 0 amide bonds. The van der Waals surface area contributed by atoms with Crippen LogP contribution in [0.5, 0.6) is 0 Å². The van der Waals surface area contributed by atoms with E-state index in [1.54, 1.807) is 0 Å². The number of rotatable bonds is 3. The van der Waals surface area contributed by atoms with Gasteiger partial charge in [-0.15, -0.1) is 0 Å². The summed E-state index contributed by atoms with van der Waals surface area (Å²) < 4.78 is 15.6. The Labute approximate surface area is 309 Å². The monoisotopic (exact) mass is 693 g/mol. The molecule has 11 aromatic rings. The Hall–Kier alpha value is -6.98. The van der Waals surface area contributed by atoms with Crippen LogP contribution in [0.25, 0.3) is 105 Å². The highest BCUT2D eigenvalue weighted by Crippen LogP contribution is 2.51. The lowest BCUT2D eigenvalue weighted by molar-refractivity contribution is 0.612. The Morgan fingerprint density at radius 2 is 1.17 bits per heavy atom. The van der Waals surface area contributed by atoms with Crippen molar-refractivity contribution < 1.29 is 8.83 Å². The third-order valence-corrected chi connectivity index (χ3v) is 11.6. The number of hydrogen-bond donors (Lipinski definition) is 0. The van der Waals surface area contributed by atoms with Gasteiger partial charge in [-0.05, 0) is 47.0 Å². The summed E-state index contributed by atoms with van der Waals surface area (Å²) in [6, 6.07) is 53.2. The minimum atomic E-state index is -0.238. The zero-order valence-electron chi connectivity index (χ0n) is 29.6. The average Bonchev–Trinajstić information content (AvgIpc) is 3.89. The van der Waals surface area contributed by atoms with Gasteiger partial charge in [-0.2, -0.15) is 0 Å². The van der Waals surface area contributed by atoms with Crippen LogP contribution in [0.4, 0.5) is 0 Å². The highest BCUT2D eigenvalue weighted by molar-refractivity contribution is 6.21. The van der Waals surface area contributed by atoms with Gasteiger partial charge in [0.15, 0.2) is 5.82 Å². The largest absolute Gasteiger partial charge is 0.455 e. The zero-order chi connectivity index (χ0) is 35.7. The summed E-state index contributed by atoms with van der Waals surface area (Å²) in [4.78, 5) is 10.5. The maximum Gasteiger partial charge on any atom is 0.213 e. The van der Waals surface area contributed by atoms with Gasteiger partial charge in [0.2, 0.25) is 5.71 Å². The van der Waals surface area contributed by atoms with Gasteiger partial charge in [-0.1, -0.05) is 135 Å². The first-order valence-corrected chi connectivity index (χ1v) is 18.4. The third kappa shape index (κ3) is 3.88. The summed E-state index contributed by atoms with van der Waals surface area (Å²) in [6.07, 6.45) is 0. The molecule has 1 aliphatic heterocycles. The van der Waals surface area contributed by atoms with Crippen molar-refractivity contribution in [2.24, 2.45) is 0 Å². The van der Waals surface area contributed by atoms with Gasteiger partial charge in [0, 0.05) is 49.0 Å². The number of nitrogens with zero attached hydrogens (tertiary/aromatic N) is 3. The lowest BCUT2D eigenvalue weighted by Gasteiger charge is -2.35. The van der Waals surface area contributed by atoms with Crippen LogP contribution in [-0.2, 0) is 5.41 Å². The molecule has 0 atom stereocenters. The molecule has 1 aliphatic rings. The normalized spacial score (nSPS) is 13.5. The van der Waals surface area contributed by atoms with E-state index >= 15 is 0 Å². The fraction of sp³-hybridized carbons (Fsp3) is 0.0612. The summed E-state index contributed by atoms with van der Waals surface area (Å²) in [5.74, 6) is 0.664. The van der Waals surface area contributed by atoms with Crippen molar-refractivity contribution in [2.75, 3.05) is 0 Å². The maximum absolute atomic E-state index is 6.74. The first-order chi connectivity index (χ1) is 26.5. The number of furan rings is 2. The molecule has 0 bridgehead atoms. The first-order valence-electron chi connectivity index (χ1n) is 18.4. The third-order valence-electron chi connectivity index (χ3n) is 11.6. The Kier molecular flexibility index (Phi) is 5.78. The fourth-order valence-electron chi connectivity index (χ4n) is 9.09. The summed E-state index contributed by atoms with van der Waals surface area (Å²) >= 11 is 0. The van der Waals surface area contributed by atoms with Crippen LogP contribution >= 0.6 is 0 Å². The van der Waals surface area contributed by atoms with E-state index in [4.69, 9.17) is 18.8 Å². The van der Waals surface area contributed by atoms with E-state index in [9.17, 15) is 0 Å². The van der Waals surface area contributed by atoms with Crippen LogP contribution in [0.1, 0.15) is 25.0 Å². The molecule has 5 nitrogen and oxygen atoms in total. The van der Waals surface area contributed by atoms with Crippen molar-refractivity contribution in [2.45, 2.75) is 19.3 Å². The van der Waals surface area contributed by atoms with Crippen molar-refractivity contribution in [1.82, 2.24) is 14.5 Å². The van der Waals surface area contributed by atoms with Gasteiger partial charge in [-0.25, -0.2) is 9.97 Å². The second-order valence-corrected chi connectivity index (χ2v) is 14.9. The van der Waals surface area contributed by atoms with Crippen LogP contribution in [0.3, 0.4) is 0 Å². The molecule has 254 valence electrons. The van der Waals surface area contributed by atoms with Crippen molar-refractivity contribution in [3.63, 3.8) is 0 Å². The Bertz CT molecular complexity index is 3380. The minimum absolute atomic E-state index is 0.238. The predicted octanol–water partition coefficient (Wildman–Crippen LogP) is 13.0. The molecule has 0 fully saturated rings. The van der Waals surface area contributed by atoms with Crippen LogP contribution < -0.4 is 0 Å². The van der Waals surface area contributed by atoms with Crippen LogP contribution in [0, 0.1) is 0 Å². The molecule has 0 N–H and O–H groups in total. The molecule has 4 aromatic heterocycles. The maximum atomic E-state index is 6.74. The molecular formula is C49H31N3O2. The van der Waals surface area contributed by atoms with Crippen molar-refractivity contribution >= 4 is 65.8 Å². The number of benzene rings is 7. The van der Waals surface area contributed by atoms with Gasteiger partial charge in [0.05, 0.1) is 27.8 Å². The molecular weight excluding hydrogens is 663 g/mol. The van der Waals surface area contributed by atoms with E-state index in [1.165, 1.54) is 22.0 Å². The molecule has 0 spiro atoms. The first kappa shape index (κ1) is 29.6. The van der Waals surface area contributed by atoms with E-state index in [-0.39, 0.29) is 5.41 Å². The van der Waals surface area contributed by atoms with E-state index in [0.717, 1.165) is 88.5 Å². The average molecular weight is 694 g/mol. The Balaban J connectivity index is 1.09. The fourth-order valence-corrected chi connectivity index (χ4v) is 9.09. The van der Waals surface area contributed by atoms with E-state index in [2.05, 4.69) is 140 Å². The number of aromatic nitrogens is 3. The van der Waals surface area contributed by atoms with Crippen LogP contribution in [0.2, 0.25) is 0 Å². The smallest absolute Gasteiger partial charge is 0.213 e. The van der Waals surface area contributed by atoms with Crippen LogP contribution in [0.15, 0.2) is 160 Å². The molecule has 12 rings (SSSR count). The van der Waals surface area contributed by atoms with Crippen LogP contribution in [-0.4, -0.2) is 14.5 Å². The van der Waals surface area contributed by atoms with Gasteiger partial charge in [0.1, 0.15) is 16.7 Å². The highest BCUT2D eigenvalue weighted by Gasteiger charge is 2.37. The minimum Gasteiger partial charge on any atom is -0.455 e. The SMILES string of the molecule is CC1(C)c2cccc(-c3cccc(-c4nc(-c5cccc6c5oc5ccccc56)c5ccccc5n4)c3)c2-n2c3oc4ccccc4c3c3cccc1c32. The van der Waals surface area contributed by atoms with Crippen molar-refractivity contribution in [1.29, 1.82) is 0 Å². The van der Waals surface area contributed by atoms with Gasteiger partial charge >= 0.3 is 0 Å². The van der Waals surface area contributed by atoms with E-state index in [1.807, 2.05) is 30.3 Å². The predicted molar refractivity (Wildman–Crippen MR) is 219 cm³/mol. The topological polar surface area (TPSA) is 57.0 Å². The summed E-state index contributed by atoms with van der Waals surface area (Å²) in [6.45, 7) is 4.68. The van der Waals surface area contributed by atoms with Gasteiger partial charge in [0.25, 0.3) is 0 Å². The molecule has 0 aliphatic carbocycles. The van der Waals surface area contributed by atoms with Crippen molar-refractivity contribution in [3.8, 4) is 39.5 Å². The molecule has 5 heteroatoms. The number of para-hydroxylation sites is 6. The quantitative estimate of drug-likeness (QED) is 0.185. The zero-order valence-corrected chi connectivity index (χ0v) is 29.6. The van der Waals surface area contributed by atoms with Gasteiger partial charge < -0.3 is 8.83 Å². The van der Waals surface area contributed by atoms with Crippen molar-refractivity contribution in [3.05, 3.63) is 163 Å². The standard InChI is InChI=1S/C49H31N3O2/c1-49(2)37-22-11-18-30(44(37)52-45-35(20-12-23-38(45)49)42-34-17-5-8-26-41(34)54-48(42)52)28-13-9-14-29(27-28)47-50-39-24-6-3-16-33(39)43(51-47)36-21-10-19-32-31-15-4-7-25-40(31)53-46(32)36/h3-27H,1-2H3. The second-order valence-electron chi connectivity index (χ2n) is 14.9. The highest BCUT2D eigenvalue weighted by atomic mass is 16.3. The molecule has 0 radical (unpaired) electrons. The molecule has 7 aromatic carbocycles. The molecule has 0 saturated heterocycles. The molecule has 54 heavy (non-hydrogen) atoms. The number of hydrogen-bond acceptors (Lipinski definition) is 4. The lowest BCUT2D eigenvalue weighted by Crippen LogP contribution is -2.26. The molecule has 5 heterocycles. The van der Waals surface area contributed by atoms with Gasteiger partial charge in [-0.3, -0.25) is 4.57 Å².